The highest BCUT2D eigenvalue weighted by atomic mass is 32.2. The third kappa shape index (κ3) is 5.32. The first-order valence-corrected chi connectivity index (χ1v) is 11.7. The predicted octanol–water partition coefficient (Wildman–Crippen LogP) is 3.86. The standard InChI is InChI=1S/C23H25FN2O4S/c1-29-21-9-8-15(13-22(21)30-2)16(14-31(3,27)28)12-20-23(25)18(10-11-26-20)17-6-4-5-7-19(17)24/h4-11,13,16H,12,14,25H2,1-3H3. The average Bonchev–Trinajstić information content (AvgIpc) is 2.74. The molecule has 0 aliphatic heterocycles. The number of nitrogens with two attached hydrogens (primary N) is 1. The van der Waals surface area contributed by atoms with Gasteiger partial charge in [0.1, 0.15) is 15.7 Å². The second-order valence-corrected chi connectivity index (χ2v) is 9.49. The van der Waals surface area contributed by atoms with E-state index in [1.54, 1.807) is 48.7 Å². The van der Waals surface area contributed by atoms with Crippen LogP contribution < -0.4 is 15.2 Å². The number of sulfone groups is 1. The van der Waals surface area contributed by atoms with Crippen LogP contribution >= 0.6 is 0 Å². The lowest BCUT2D eigenvalue weighted by molar-refractivity contribution is 0.354. The molecule has 0 bridgehead atoms. The van der Waals surface area contributed by atoms with Crippen molar-refractivity contribution in [2.75, 3.05) is 32.0 Å². The number of nitrogens with zero attached hydrogens (tertiary/aromatic N) is 1. The van der Waals surface area contributed by atoms with Crippen LogP contribution in [0.25, 0.3) is 11.1 Å². The van der Waals surface area contributed by atoms with E-state index in [2.05, 4.69) is 4.98 Å². The molecule has 1 unspecified atom stereocenters. The summed E-state index contributed by atoms with van der Waals surface area (Å²) in [5, 5.41) is 0. The predicted molar refractivity (Wildman–Crippen MR) is 120 cm³/mol. The zero-order valence-corrected chi connectivity index (χ0v) is 18.4. The summed E-state index contributed by atoms with van der Waals surface area (Å²) in [6.07, 6.45) is 3.00. The van der Waals surface area contributed by atoms with Crippen molar-refractivity contribution in [3.05, 3.63) is 71.8 Å². The van der Waals surface area contributed by atoms with Crippen molar-refractivity contribution < 1.29 is 22.3 Å². The van der Waals surface area contributed by atoms with Gasteiger partial charge in [0.05, 0.1) is 31.4 Å². The molecule has 0 aliphatic rings. The number of benzene rings is 2. The molecule has 1 heterocycles. The number of aromatic nitrogens is 1. The third-order valence-electron chi connectivity index (χ3n) is 5.06. The van der Waals surface area contributed by atoms with Crippen LogP contribution in [-0.2, 0) is 16.3 Å². The first kappa shape index (κ1) is 22.6. The molecule has 164 valence electrons. The van der Waals surface area contributed by atoms with Crippen LogP contribution in [0.3, 0.4) is 0 Å². The molecule has 2 aromatic carbocycles. The molecule has 0 amide bonds. The number of methoxy groups -OCH3 is 2. The number of ether oxygens (including phenoxy) is 2. The van der Waals surface area contributed by atoms with E-state index in [-0.39, 0.29) is 18.0 Å². The van der Waals surface area contributed by atoms with E-state index in [1.165, 1.54) is 26.5 Å². The molecule has 0 spiro atoms. The molecule has 1 atom stereocenters. The summed E-state index contributed by atoms with van der Waals surface area (Å²) in [6.45, 7) is 0. The molecular weight excluding hydrogens is 419 g/mol. The van der Waals surface area contributed by atoms with Gasteiger partial charge in [0.25, 0.3) is 0 Å². The number of nitrogen functional groups attached to an aromatic ring is 1. The highest BCUT2D eigenvalue weighted by molar-refractivity contribution is 7.90. The van der Waals surface area contributed by atoms with Crippen LogP contribution in [0.4, 0.5) is 10.1 Å². The van der Waals surface area contributed by atoms with Gasteiger partial charge in [-0.3, -0.25) is 4.98 Å². The molecule has 0 saturated carbocycles. The Morgan fingerprint density at radius 1 is 1.03 bits per heavy atom. The van der Waals surface area contributed by atoms with Crippen LogP contribution in [0.2, 0.25) is 0 Å². The number of hydrogen-bond donors (Lipinski definition) is 1. The van der Waals surface area contributed by atoms with Crippen molar-refractivity contribution in [2.24, 2.45) is 0 Å². The van der Waals surface area contributed by atoms with Gasteiger partial charge in [-0.05, 0) is 36.2 Å². The Kier molecular flexibility index (Phi) is 6.80. The molecular formula is C23H25FN2O4S. The van der Waals surface area contributed by atoms with Crippen molar-refractivity contribution in [1.82, 2.24) is 4.98 Å². The molecule has 0 saturated heterocycles. The lowest BCUT2D eigenvalue weighted by Gasteiger charge is -2.20. The normalized spacial score (nSPS) is 12.4. The average molecular weight is 445 g/mol. The van der Waals surface area contributed by atoms with Crippen molar-refractivity contribution in [3.63, 3.8) is 0 Å². The maximum atomic E-state index is 14.3. The summed E-state index contributed by atoms with van der Waals surface area (Å²) in [7, 11) is -0.259. The van der Waals surface area contributed by atoms with E-state index in [0.717, 1.165) is 5.56 Å². The minimum absolute atomic E-state index is 0.104. The monoisotopic (exact) mass is 444 g/mol. The van der Waals surface area contributed by atoms with Crippen LogP contribution in [0.5, 0.6) is 11.5 Å². The number of rotatable bonds is 8. The Balaban J connectivity index is 2.03. The fourth-order valence-electron chi connectivity index (χ4n) is 3.57. The molecule has 3 aromatic rings. The van der Waals surface area contributed by atoms with Crippen molar-refractivity contribution in [3.8, 4) is 22.6 Å². The number of halogens is 1. The topological polar surface area (TPSA) is 91.5 Å². The van der Waals surface area contributed by atoms with E-state index in [4.69, 9.17) is 15.2 Å². The van der Waals surface area contributed by atoms with Crippen LogP contribution in [0.1, 0.15) is 17.2 Å². The Bertz CT molecular complexity index is 1180. The molecule has 2 N–H and O–H groups in total. The summed E-state index contributed by atoms with van der Waals surface area (Å²) in [5.74, 6) is 0.121. The SMILES string of the molecule is COc1ccc(C(Cc2nccc(-c3ccccc3F)c2N)CS(C)(=O)=O)cc1OC. The molecule has 0 aliphatic carbocycles. The second kappa shape index (κ2) is 9.34. The lowest BCUT2D eigenvalue weighted by Crippen LogP contribution is -2.17. The van der Waals surface area contributed by atoms with Gasteiger partial charge in [0.2, 0.25) is 0 Å². The van der Waals surface area contributed by atoms with Gasteiger partial charge in [-0.2, -0.15) is 0 Å². The second-order valence-electron chi connectivity index (χ2n) is 7.31. The fraction of sp³-hybridized carbons (Fsp3) is 0.261. The smallest absolute Gasteiger partial charge is 0.160 e. The van der Waals surface area contributed by atoms with Gasteiger partial charge in [-0.25, -0.2) is 12.8 Å². The van der Waals surface area contributed by atoms with Gasteiger partial charge >= 0.3 is 0 Å². The van der Waals surface area contributed by atoms with E-state index in [9.17, 15) is 12.8 Å². The van der Waals surface area contributed by atoms with E-state index in [0.29, 0.717) is 34.0 Å². The minimum atomic E-state index is -3.31. The largest absolute Gasteiger partial charge is 0.493 e. The fourth-order valence-corrected chi connectivity index (χ4v) is 4.61. The van der Waals surface area contributed by atoms with Gasteiger partial charge in [0.15, 0.2) is 11.5 Å². The Hall–Kier alpha value is -3.13. The van der Waals surface area contributed by atoms with Crippen molar-refractivity contribution >= 4 is 15.5 Å². The number of anilines is 1. The first-order chi connectivity index (χ1) is 14.7. The molecule has 0 fully saturated rings. The summed E-state index contributed by atoms with van der Waals surface area (Å²) in [5.41, 5.74) is 8.82. The zero-order valence-electron chi connectivity index (χ0n) is 17.6. The van der Waals surface area contributed by atoms with Gasteiger partial charge < -0.3 is 15.2 Å². The Labute approximate surface area is 181 Å². The highest BCUT2D eigenvalue weighted by Gasteiger charge is 2.23. The quantitative estimate of drug-likeness (QED) is 0.567. The Morgan fingerprint density at radius 2 is 1.74 bits per heavy atom. The maximum Gasteiger partial charge on any atom is 0.160 e. The van der Waals surface area contributed by atoms with E-state index < -0.39 is 15.8 Å². The minimum Gasteiger partial charge on any atom is -0.493 e. The van der Waals surface area contributed by atoms with Crippen molar-refractivity contribution in [1.29, 1.82) is 0 Å². The highest BCUT2D eigenvalue weighted by Crippen LogP contribution is 2.35. The van der Waals surface area contributed by atoms with Gasteiger partial charge in [0, 0.05) is 29.5 Å². The molecule has 6 nitrogen and oxygen atoms in total. The lowest BCUT2D eigenvalue weighted by atomic mass is 9.93. The molecule has 31 heavy (non-hydrogen) atoms. The molecule has 1 aromatic heterocycles. The summed E-state index contributed by atoms with van der Waals surface area (Å²) in [6, 6.07) is 13.3. The van der Waals surface area contributed by atoms with Gasteiger partial charge in [-0.15, -0.1) is 0 Å². The molecule has 0 radical (unpaired) electrons. The van der Waals surface area contributed by atoms with Crippen LogP contribution in [0, 0.1) is 5.82 Å². The van der Waals surface area contributed by atoms with Gasteiger partial charge in [-0.1, -0.05) is 24.3 Å². The maximum absolute atomic E-state index is 14.3. The van der Waals surface area contributed by atoms with E-state index in [1.807, 2.05) is 0 Å². The summed E-state index contributed by atoms with van der Waals surface area (Å²) < 4.78 is 49.2. The third-order valence-corrected chi connectivity index (χ3v) is 6.07. The summed E-state index contributed by atoms with van der Waals surface area (Å²) in [4.78, 5) is 4.37. The molecule has 3 rings (SSSR count). The van der Waals surface area contributed by atoms with Crippen LogP contribution in [-0.4, -0.2) is 39.6 Å². The number of hydrogen-bond acceptors (Lipinski definition) is 6. The Morgan fingerprint density at radius 3 is 2.39 bits per heavy atom. The van der Waals surface area contributed by atoms with Crippen LogP contribution in [0.15, 0.2) is 54.7 Å². The summed E-state index contributed by atoms with van der Waals surface area (Å²) >= 11 is 0. The van der Waals surface area contributed by atoms with E-state index >= 15 is 0 Å². The molecule has 8 heteroatoms. The van der Waals surface area contributed by atoms with Crippen molar-refractivity contribution in [2.45, 2.75) is 12.3 Å². The number of pyridine rings is 1. The zero-order chi connectivity index (χ0) is 22.6. The first-order valence-electron chi connectivity index (χ1n) is 9.61.